The van der Waals surface area contributed by atoms with Crippen LogP contribution in [0.3, 0.4) is 0 Å². The Morgan fingerprint density at radius 3 is 2.76 bits per heavy atom. The fraction of sp³-hybridized carbons (Fsp3) is 0.500. The van der Waals surface area contributed by atoms with Gasteiger partial charge in [0.2, 0.25) is 5.82 Å². The van der Waals surface area contributed by atoms with Crippen LogP contribution in [0.5, 0.6) is 0 Å². The molecule has 0 bridgehead atoms. The molecule has 1 aromatic carbocycles. The summed E-state index contributed by atoms with van der Waals surface area (Å²) < 4.78 is 14.2. The second-order valence-corrected chi connectivity index (χ2v) is 7.82. The Kier molecular flexibility index (Phi) is 6.47. The maximum Gasteiger partial charge on any atom is 0.291 e. The molecule has 1 aromatic heterocycles. The molecule has 1 atom stereocenters. The van der Waals surface area contributed by atoms with Gasteiger partial charge in [-0.2, -0.15) is 0 Å². The summed E-state index contributed by atoms with van der Waals surface area (Å²) in [6.07, 6.45) is 1.75. The van der Waals surface area contributed by atoms with Gasteiger partial charge in [-0.1, -0.05) is 19.1 Å². The van der Waals surface area contributed by atoms with Crippen molar-refractivity contribution in [3.05, 3.63) is 52.2 Å². The third-order valence-corrected chi connectivity index (χ3v) is 5.61. The topological polar surface area (TPSA) is 61.4 Å². The van der Waals surface area contributed by atoms with Crippen molar-refractivity contribution in [3.8, 4) is 0 Å². The lowest BCUT2D eigenvalue weighted by molar-refractivity contribution is 0.0815. The molecule has 3 rings (SSSR count). The number of rotatable bonds is 6. The minimum absolute atomic E-state index is 0.152. The molecule has 1 fully saturated rings. The van der Waals surface area contributed by atoms with Crippen LogP contribution in [0.2, 0.25) is 0 Å². The van der Waals surface area contributed by atoms with Crippen molar-refractivity contribution in [1.29, 1.82) is 0 Å². The van der Waals surface area contributed by atoms with E-state index < -0.39 is 0 Å². The maximum atomic E-state index is 14.2. The summed E-state index contributed by atoms with van der Waals surface area (Å²) in [6.45, 7) is 8.06. The number of carbonyl (C=O) groups is 1. The molecule has 0 saturated carbocycles. The summed E-state index contributed by atoms with van der Waals surface area (Å²) in [5.41, 5.74) is 3.60. The predicted molar refractivity (Wildman–Crippen MR) is 113 cm³/mol. The number of nitrogens with zero attached hydrogens (tertiary/aromatic N) is 4. The summed E-state index contributed by atoms with van der Waals surface area (Å²) >= 11 is 0. The number of aryl methyl sites for hydroxylation is 2. The highest BCUT2D eigenvalue weighted by atomic mass is 19.1. The van der Waals surface area contributed by atoms with Gasteiger partial charge in [0.1, 0.15) is 11.6 Å². The molecule has 0 radical (unpaired) electrons. The Hall–Kier alpha value is -2.54. The van der Waals surface area contributed by atoms with Gasteiger partial charge in [-0.15, -0.1) is 0 Å². The minimum atomic E-state index is -0.199. The molecule has 7 heteroatoms. The fourth-order valence-corrected chi connectivity index (χ4v) is 3.72. The Bertz CT molecular complexity index is 899. The lowest BCUT2D eigenvalue weighted by atomic mass is 10.0. The van der Waals surface area contributed by atoms with Crippen molar-refractivity contribution in [2.75, 3.05) is 32.1 Å². The van der Waals surface area contributed by atoms with E-state index >= 15 is 0 Å². The predicted octanol–water partition coefficient (Wildman–Crippen LogP) is 2.87. The Morgan fingerprint density at radius 2 is 2.07 bits per heavy atom. The monoisotopic (exact) mass is 399 g/mol. The Balaban J connectivity index is 1.72. The van der Waals surface area contributed by atoms with E-state index in [1.54, 1.807) is 20.2 Å². The highest BCUT2D eigenvalue weighted by Crippen LogP contribution is 2.25. The van der Waals surface area contributed by atoms with Crippen LogP contribution in [0, 0.1) is 19.7 Å². The lowest BCUT2D eigenvalue weighted by Gasteiger charge is -2.22. The first-order valence-corrected chi connectivity index (χ1v) is 10.1. The van der Waals surface area contributed by atoms with Crippen molar-refractivity contribution in [1.82, 2.24) is 20.2 Å². The quantitative estimate of drug-likeness (QED) is 0.809. The van der Waals surface area contributed by atoms with E-state index in [2.05, 4.69) is 20.2 Å². The summed E-state index contributed by atoms with van der Waals surface area (Å²) in [5.74, 6) is 0.686. The van der Waals surface area contributed by atoms with Crippen LogP contribution in [0.4, 0.5) is 10.2 Å². The molecule has 1 aliphatic heterocycles. The third kappa shape index (κ3) is 4.56. The maximum absolute atomic E-state index is 14.2. The Labute approximate surface area is 172 Å². The number of hydrogen-bond donors (Lipinski definition) is 1. The van der Waals surface area contributed by atoms with Gasteiger partial charge < -0.3 is 15.1 Å². The molecule has 2 aromatic rings. The molecule has 0 spiro atoms. The highest BCUT2D eigenvalue weighted by Gasteiger charge is 2.27. The molecular weight excluding hydrogens is 369 g/mol. The molecule has 2 heterocycles. The molecule has 0 aliphatic carbocycles. The van der Waals surface area contributed by atoms with E-state index in [4.69, 9.17) is 0 Å². The van der Waals surface area contributed by atoms with Crippen LogP contribution in [-0.4, -0.2) is 54.0 Å². The van der Waals surface area contributed by atoms with E-state index in [1.807, 2.05) is 26.8 Å². The van der Waals surface area contributed by atoms with Gasteiger partial charge >= 0.3 is 0 Å². The van der Waals surface area contributed by atoms with Crippen LogP contribution < -0.4 is 10.2 Å². The van der Waals surface area contributed by atoms with E-state index in [0.29, 0.717) is 6.54 Å². The Morgan fingerprint density at radius 1 is 1.31 bits per heavy atom. The van der Waals surface area contributed by atoms with E-state index in [-0.39, 0.29) is 23.6 Å². The van der Waals surface area contributed by atoms with Crippen molar-refractivity contribution < 1.29 is 9.18 Å². The number of halogens is 1. The van der Waals surface area contributed by atoms with Crippen LogP contribution >= 0.6 is 0 Å². The van der Waals surface area contributed by atoms with Crippen molar-refractivity contribution in [2.24, 2.45) is 0 Å². The summed E-state index contributed by atoms with van der Waals surface area (Å²) in [6, 6.07) is 5.51. The second-order valence-electron chi connectivity index (χ2n) is 7.82. The zero-order chi connectivity index (χ0) is 21.1. The zero-order valence-electron chi connectivity index (χ0n) is 17.9. The van der Waals surface area contributed by atoms with Crippen molar-refractivity contribution in [3.63, 3.8) is 0 Å². The van der Waals surface area contributed by atoms with Gasteiger partial charge in [0.15, 0.2) is 0 Å². The molecule has 1 N–H and O–H groups in total. The number of hydrogen-bond acceptors (Lipinski definition) is 5. The highest BCUT2D eigenvalue weighted by molar-refractivity contribution is 5.90. The summed E-state index contributed by atoms with van der Waals surface area (Å²) in [5, 5.41) is 3.50. The van der Waals surface area contributed by atoms with E-state index in [0.717, 1.165) is 54.1 Å². The van der Waals surface area contributed by atoms with Crippen LogP contribution in [0.15, 0.2) is 18.2 Å². The second kappa shape index (κ2) is 8.86. The fourth-order valence-electron chi connectivity index (χ4n) is 3.72. The molecule has 1 amide bonds. The number of anilines is 1. The first-order valence-electron chi connectivity index (χ1n) is 10.1. The van der Waals surface area contributed by atoms with E-state index in [9.17, 15) is 9.18 Å². The summed E-state index contributed by atoms with van der Waals surface area (Å²) in [4.78, 5) is 24.9. The van der Waals surface area contributed by atoms with E-state index in [1.165, 1.54) is 11.0 Å². The van der Waals surface area contributed by atoms with Crippen LogP contribution in [-0.2, 0) is 13.0 Å². The third-order valence-electron chi connectivity index (χ3n) is 5.61. The molecular formula is C22H30FN5O. The lowest BCUT2D eigenvalue weighted by Crippen LogP contribution is -2.33. The molecule has 6 nitrogen and oxygen atoms in total. The molecule has 0 unspecified atom stereocenters. The SMILES string of the molecule is CCc1cccc(F)c1CN[C@@H]1CCN(c2nc(C(=O)N(C)C)nc(C)c2C)C1. The standard InChI is InChI=1S/C22H30FN5O/c1-6-16-8-7-9-19(23)18(16)12-24-17-10-11-28(13-17)21-14(2)15(3)25-20(26-21)22(29)27(4)5/h7-9,17,24H,6,10-13H2,1-5H3/t17-/m1/s1. The minimum Gasteiger partial charge on any atom is -0.355 e. The number of benzene rings is 1. The number of nitrogens with one attached hydrogen (secondary N) is 1. The summed E-state index contributed by atoms with van der Waals surface area (Å²) in [7, 11) is 3.40. The normalized spacial score (nSPS) is 16.3. The van der Waals surface area contributed by atoms with Crippen LogP contribution in [0.1, 0.15) is 46.3 Å². The zero-order valence-corrected chi connectivity index (χ0v) is 17.9. The number of aromatic nitrogens is 2. The molecule has 1 aliphatic rings. The van der Waals surface area contributed by atoms with Gasteiger partial charge in [0.25, 0.3) is 5.91 Å². The average Bonchev–Trinajstić information content (AvgIpc) is 3.16. The first kappa shape index (κ1) is 21.2. The number of amides is 1. The molecule has 29 heavy (non-hydrogen) atoms. The molecule has 156 valence electrons. The van der Waals surface area contributed by atoms with Crippen LogP contribution in [0.25, 0.3) is 0 Å². The largest absolute Gasteiger partial charge is 0.355 e. The van der Waals surface area contributed by atoms with Gasteiger partial charge in [-0.05, 0) is 38.3 Å². The van der Waals surface area contributed by atoms with Crippen molar-refractivity contribution >= 4 is 11.7 Å². The first-order chi connectivity index (χ1) is 13.8. The molecule has 1 saturated heterocycles. The smallest absolute Gasteiger partial charge is 0.291 e. The van der Waals surface area contributed by atoms with Gasteiger partial charge in [-0.3, -0.25) is 4.79 Å². The average molecular weight is 400 g/mol. The van der Waals surface area contributed by atoms with Crippen molar-refractivity contribution in [2.45, 2.75) is 46.2 Å². The van der Waals surface area contributed by atoms with Gasteiger partial charge in [-0.25, -0.2) is 14.4 Å². The van der Waals surface area contributed by atoms with Gasteiger partial charge in [0.05, 0.1) is 0 Å². The van der Waals surface area contributed by atoms with Gasteiger partial charge in [0, 0.05) is 56.6 Å². The number of carbonyl (C=O) groups excluding carboxylic acids is 1.